The molecule has 1 unspecified atom stereocenters. The first kappa shape index (κ1) is 14.6. The Morgan fingerprint density at radius 1 is 1.44 bits per heavy atom. The lowest BCUT2D eigenvalue weighted by molar-refractivity contribution is -0.150. The molecule has 102 valence electrons. The molecule has 0 aromatic carbocycles. The Labute approximate surface area is 107 Å². The van der Waals surface area contributed by atoms with Crippen LogP contribution in [-0.2, 0) is 19.1 Å². The van der Waals surface area contributed by atoms with Crippen molar-refractivity contribution in [1.82, 2.24) is 10.2 Å². The number of carbonyl (C=O) groups is 3. The summed E-state index contributed by atoms with van der Waals surface area (Å²) in [5.74, 6) is -0.919. The van der Waals surface area contributed by atoms with E-state index in [1.54, 1.807) is 0 Å². The van der Waals surface area contributed by atoms with E-state index in [1.165, 1.54) is 7.05 Å². The molecule has 0 aromatic heterocycles. The Balaban J connectivity index is 2.45. The summed E-state index contributed by atoms with van der Waals surface area (Å²) in [6.07, 6.45) is 0.622. The number of ether oxygens (including phenoxy) is 1. The molecule has 6 nitrogen and oxygen atoms in total. The van der Waals surface area contributed by atoms with E-state index >= 15 is 0 Å². The van der Waals surface area contributed by atoms with E-state index in [0.717, 1.165) is 4.90 Å². The van der Waals surface area contributed by atoms with Gasteiger partial charge in [-0.1, -0.05) is 0 Å². The van der Waals surface area contributed by atoms with Crippen molar-refractivity contribution in [3.8, 4) is 0 Å². The summed E-state index contributed by atoms with van der Waals surface area (Å²) >= 11 is 0. The molecule has 0 bridgehead atoms. The Morgan fingerprint density at radius 3 is 2.61 bits per heavy atom. The lowest BCUT2D eigenvalue weighted by Gasteiger charge is -2.28. The van der Waals surface area contributed by atoms with Gasteiger partial charge in [0.05, 0.1) is 5.60 Å². The summed E-state index contributed by atoms with van der Waals surface area (Å²) in [4.78, 5) is 35.6. The molecular weight excluding hydrogens is 236 g/mol. The van der Waals surface area contributed by atoms with Crippen molar-refractivity contribution in [3.05, 3.63) is 0 Å². The van der Waals surface area contributed by atoms with E-state index in [1.807, 2.05) is 20.8 Å². The van der Waals surface area contributed by atoms with E-state index < -0.39 is 11.6 Å². The maximum Gasteiger partial charge on any atom is 0.251 e. The third kappa shape index (κ3) is 4.10. The minimum absolute atomic E-state index is 0.0923. The molecule has 1 N–H and O–H groups in total. The largest absolute Gasteiger partial charge is 0.366 e. The van der Waals surface area contributed by atoms with Crippen LogP contribution < -0.4 is 5.32 Å². The van der Waals surface area contributed by atoms with Crippen LogP contribution in [0.4, 0.5) is 0 Å². The van der Waals surface area contributed by atoms with E-state index in [9.17, 15) is 14.4 Å². The van der Waals surface area contributed by atoms with Gasteiger partial charge in [0.1, 0.15) is 12.6 Å². The van der Waals surface area contributed by atoms with Gasteiger partial charge in [0.25, 0.3) is 5.91 Å². The van der Waals surface area contributed by atoms with E-state index in [0.29, 0.717) is 6.42 Å². The van der Waals surface area contributed by atoms with Crippen LogP contribution in [0.1, 0.15) is 33.6 Å². The minimum atomic E-state index is -0.622. The quantitative estimate of drug-likeness (QED) is 0.725. The molecule has 1 fully saturated rings. The highest BCUT2D eigenvalue weighted by atomic mass is 16.5. The number of likely N-dealkylation sites (tertiary alicyclic amines) is 1. The number of piperidine rings is 1. The third-order valence-electron chi connectivity index (χ3n) is 2.62. The van der Waals surface area contributed by atoms with Crippen molar-refractivity contribution in [3.63, 3.8) is 0 Å². The molecule has 18 heavy (non-hydrogen) atoms. The number of carbonyl (C=O) groups excluding carboxylic acids is 3. The highest BCUT2D eigenvalue weighted by Crippen LogP contribution is 2.11. The van der Waals surface area contributed by atoms with Crippen LogP contribution in [0.5, 0.6) is 0 Å². The van der Waals surface area contributed by atoms with Crippen LogP contribution in [0.3, 0.4) is 0 Å². The summed E-state index contributed by atoms with van der Waals surface area (Å²) in [6, 6.07) is -0.622. The van der Waals surface area contributed by atoms with Crippen molar-refractivity contribution < 1.29 is 19.1 Å². The SMILES string of the molecule is CN1C(=O)CCC(NC(=O)COC(C)(C)C)C1=O. The van der Waals surface area contributed by atoms with Crippen molar-refractivity contribution in [2.45, 2.75) is 45.3 Å². The molecule has 6 heteroatoms. The number of nitrogens with one attached hydrogen (secondary N) is 1. The first-order chi connectivity index (χ1) is 8.20. The standard InChI is InChI=1S/C12H20N2O4/c1-12(2,3)18-7-9(15)13-8-5-6-10(16)14(4)11(8)17/h8H,5-7H2,1-4H3,(H,13,15). The number of rotatable bonds is 3. The van der Waals surface area contributed by atoms with Gasteiger partial charge in [-0.05, 0) is 27.2 Å². The summed E-state index contributed by atoms with van der Waals surface area (Å²) in [5, 5.41) is 2.58. The van der Waals surface area contributed by atoms with Crippen LogP contribution in [0.2, 0.25) is 0 Å². The fourth-order valence-corrected chi connectivity index (χ4v) is 1.57. The topological polar surface area (TPSA) is 75.7 Å². The highest BCUT2D eigenvalue weighted by Gasteiger charge is 2.32. The van der Waals surface area contributed by atoms with Gasteiger partial charge in [0.15, 0.2) is 0 Å². The Hall–Kier alpha value is -1.43. The number of hydrogen-bond acceptors (Lipinski definition) is 4. The molecule has 0 saturated carbocycles. The van der Waals surface area contributed by atoms with Gasteiger partial charge in [-0.2, -0.15) is 0 Å². The molecule has 1 rings (SSSR count). The van der Waals surface area contributed by atoms with Crippen LogP contribution >= 0.6 is 0 Å². The Bertz CT molecular complexity index is 360. The number of nitrogens with zero attached hydrogens (tertiary/aromatic N) is 1. The van der Waals surface area contributed by atoms with Gasteiger partial charge < -0.3 is 10.1 Å². The number of imide groups is 1. The summed E-state index contributed by atoms with van der Waals surface area (Å²) < 4.78 is 5.31. The van der Waals surface area contributed by atoms with Gasteiger partial charge in [-0.15, -0.1) is 0 Å². The molecule has 1 aliphatic rings. The fourth-order valence-electron chi connectivity index (χ4n) is 1.57. The lowest BCUT2D eigenvalue weighted by Crippen LogP contribution is -2.53. The first-order valence-corrected chi connectivity index (χ1v) is 5.94. The molecule has 0 aromatic rings. The molecule has 3 amide bonds. The van der Waals surface area contributed by atoms with Gasteiger partial charge in [0, 0.05) is 13.5 Å². The zero-order chi connectivity index (χ0) is 13.9. The molecular formula is C12H20N2O4. The van der Waals surface area contributed by atoms with Crippen LogP contribution in [0.15, 0.2) is 0 Å². The second-order valence-corrected chi connectivity index (χ2v) is 5.35. The number of amides is 3. The average molecular weight is 256 g/mol. The minimum Gasteiger partial charge on any atom is -0.366 e. The van der Waals surface area contributed by atoms with E-state index in [-0.39, 0.29) is 30.7 Å². The van der Waals surface area contributed by atoms with Crippen molar-refractivity contribution in [1.29, 1.82) is 0 Å². The van der Waals surface area contributed by atoms with Gasteiger partial charge >= 0.3 is 0 Å². The second-order valence-electron chi connectivity index (χ2n) is 5.35. The molecule has 0 radical (unpaired) electrons. The highest BCUT2D eigenvalue weighted by molar-refractivity contribution is 6.01. The van der Waals surface area contributed by atoms with Crippen LogP contribution in [-0.4, -0.2) is 47.9 Å². The number of hydrogen-bond donors (Lipinski definition) is 1. The third-order valence-corrected chi connectivity index (χ3v) is 2.62. The smallest absolute Gasteiger partial charge is 0.251 e. The van der Waals surface area contributed by atoms with Crippen molar-refractivity contribution in [2.24, 2.45) is 0 Å². The predicted octanol–water partition coefficient (Wildman–Crippen LogP) is 0.0651. The van der Waals surface area contributed by atoms with Gasteiger partial charge in [-0.3, -0.25) is 19.3 Å². The maximum atomic E-state index is 11.7. The number of likely N-dealkylation sites (N-methyl/N-ethyl adjacent to an activating group) is 1. The summed E-state index contributed by atoms with van der Waals surface area (Å²) in [5.41, 5.74) is -0.402. The zero-order valence-electron chi connectivity index (χ0n) is 11.3. The summed E-state index contributed by atoms with van der Waals surface area (Å²) in [6.45, 7) is 5.44. The molecule has 0 aliphatic carbocycles. The maximum absolute atomic E-state index is 11.7. The lowest BCUT2D eigenvalue weighted by atomic mass is 10.0. The zero-order valence-corrected chi connectivity index (χ0v) is 11.3. The molecule has 1 atom stereocenters. The average Bonchev–Trinajstić information content (AvgIpc) is 2.26. The Kier molecular flexibility index (Phi) is 4.45. The molecule has 1 heterocycles. The first-order valence-electron chi connectivity index (χ1n) is 5.94. The predicted molar refractivity (Wildman–Crippen MR) is 64.6 cm³/mol. The van der Waals surface area contributed by atoms with Crippen molar-refractivity contribution in [2.75, 3.05) is 13.7 Å². The van der Waals surface area contributed by atoms with E-state index in [4.69, 9.17) is 4.74 Å². The van der Waals surface area contributed by atoms with Crippen LogP contribution in [0, 0.1) is 0 Å². The summed E-state index contributed by atoms with van der Waals surface area (Å²) in [7, 11) is 1.43. The molecule has 0 spiro atoms. The van der Waals surface area contributed by atoms with Crippen LogP contribution in [0.25, 0.3) is 0 Å². The fraction of sp³-hybridized carbons (Fsp3) is 0.750. The Morgan fingerprint density at radius 2 is 2.06 bits per heavy atom. The molecule has 1 aliphatic heterocycles. The normalized spacial score (nSPS) is 21.1. The molecule has 1 saturated heterocycles. The van der Waals surface area contributed by atoms with E-state index in [2.05, 4.69) is 5.32 Å². The van der Waals surface area contributed by atoms with Gasteiger partial charge in [0.2, 0.25) is 11.8 Å². The van der Waals surface area contributed by atoms with Gasteiger partial charge in [-0.25, -0.2) is 0 Å². The monoisotopic (exact) mass is 256 g/mol. The van der Waals surface area contributed by atoms with Crippen molar-refractivity contribution >= 4 is 17.7 Å². The second kappa shape index (κ2) is 5.48.